The largest absolute Gasteiger partial charge is 0.494 e. The summed E-state index contributed by atoms with van der Waals surface area (Å²) in [4.78, 5) is 11.5. The van der Waals surface area contributed by atoms with Crippen molar-refractivity contribution in [2.75, 3.05) is 38.6 Å². The molecule has 0 atom stereocenters. The molecule has 0 fully saturated rings. The standard InChI is InChI=1S/C19H22N2O5/c1-11-18(24-3)14(8-16(23-2)19(11)25-4)20-9-12-5-6-15-13(7-12)21-17(22)10-26-15/h5-8,20H,9-10H2,1-4H3,(H,21,22). The molecule has 0 saturated carbocycles. The number of carbonyl (C=O) groups excluding carboxylic acids is 1. The van der Waals surface area contributed by atoms with Gasteiger partial charge in [-0.15, -0.1) is 0 Å². The van der Waals surface area contributed by atoms with E-state index in [2.05, 4.69) is 10.6 Å². The predicted molar refractivity (Wildman–Crippen MR) is 98.7 cm³/mol. The number of nitrogens with one attached hydrogen (secondary N) is 2. The molecule has 1 heterocycles. The highest BCUT2D eigenvalue weighted by atomic mass is 16.5. The van der Waals surface area contributed by atoms with Gasteiger partial charge in [0.1, 0.15) is 11.5 Å². The summed E-state index contributed by atoms with van der Waals surface area (Å²) in [5, 5.41) is 6.16. The Hall–Kier alpha value is -3.09. The van der Waals surface area contributed by atoms with Crippen LogP contribution in [-0.2, 0) is 11.3 Å². The third-order valence-corrected chi connectivity index (χ3v) is 4.21. The highest BCUT2D eigenvalue weighted by Gasteiger charge is 2.18. The van der Waals surface area contributed by atoms with Crippen molar-refractivity contribution in [1.29, 1.82) is 0 Å². The normalized spacial score (nSPS) is 12.5. The van der Waals surface area contributed by atoms with E-state index in [0.29, 0.717) is 35.2 Å². The van der Waals surface area contributed by atoms with Crippen molar-refractivity contribution in [1.82, 2.24) is 0 Å². The summed E-state index contributed by atoms with van der Waals surface area (Å²) in [5.41, 5.74) is 3.31. The molecule has 2 aromatic carbocycles. The number of hydrogen-bond donors (Lipinski definition) is 2. The molecule has 2 N–H and O–H groups in total. The fraction of sp³-hybridized carbons (Fsp3) is 0.316. The minimum absolute atomic E-state index is 0.0483. The van der Waals surface area contributed by atoms with Crippen LogP contribution in [0.3, 0.4) is 0 Å². The highest BCUT2D eigenvalue weighted by molar-refractivity contribution is 5.95. The van der Waals surface area contributed by atoms with E-state index < -0.39 is 0 Å². The number of carbonyl (C=O) groups is 1. The van der Waals surface area contributed by atoms with Crippen LogP contribution in [0.4, 0.5) is 11.4 Å². The van der Waals surface area contributed by atoms with Crippen LogP contribution in [0.15, 0.2) is 24.3 Å². The van der Waals surface area contributed by atoms with Crippen LogP contribution in [0.2, 0.25) is 0 Å². The van der Waals surface area contributed by atoms with E-state index in [1.807, 2.05) is 31.2 Å². The number of hydrogen-bond acceptors (Lipinski definition) is 6. The van der Waals surface area contributed by atoms with Crippen LogP contribution in [0, 0.1) is 6.92 Å². The summed E-state index contributed by atoms with van der Waals surface area (Å²) in [7, 11) is 4.81. The van der Waals surface area contributed by atoms with Gasteiger partial charge in [0.2, 0.25) is 0 Å². The Morgan fingerprint density at radius 1 is 1.12 bits per heavy atom. The molecule has 26 heavy (non-hydrogen) atoms. The van der Waals surface area contributed by atoms with Crippen molar-refractivity contribution in [3.05, 3.63) is 35.4 Å². The molecule has 3 rings (SSSR count). The molecular formula is C19H22N2O5. The second-order valence-electron chi connectivity index (χ2n) is 5.84. The molecule has 7 heteroatoms. The van der Waals surface area contributed by atoms with Crippen LogP contribution < -0.4 is 29.6 Å². The van der Waals surface area contributed by atoms with Gasteiger partial charge in [0.15, 0.2) is 18.1 Å². The minimum atomic E-state index is -0.153. The number of anilines is 2. The molecule has 0 spiro atoms. The van der Waals surface area contributed by atoms with Gasteiger partial charge in [-0.1, -0.05) is 6.07 Å². The summed E-state index contributed by atoms with van der Waals surface area (Å²) in [5.74, 6) is 2.48. The third kappa shape index (κ3) is 3.33. The summed E-state index contributed by atoms with van der Waals surface area (Å²) < 4.78 is 21.7. The summed E-state index contributed by atoms with van der Waals surface area (Å²) >= 11 is 0. The topological polar surface area (TPSA) is 78.1 Å². The number of fused-ring (bicyclic) bond motifs is 1. The number of amides is 1. The second kappa shape index (κ2) is 7.43. The summed E-state index contributed by atoms with van der Waals surface area (Å²) in [6, 6.07) is 7.53. The van der Waals surface area contributed by atoms with E-state index in [-0.39, 0.29) is 12.5 Å². The first kappa shape index (κ1) is 17.7. The third-order valence-electron chi connectivity index (χ3n) is 4.21. The first-order valence-electron chi connectivity index (χ1n) is 8.16. The van der Waals surface area contributed by atoms with Crippen LogP contribution >= 0.6 is 0 Å². The van der Waals surface area contributed by atoms with Gasteiger partial charge >= 0.3 is 0 Å². The van der Waals surface area contributed by atoms with Crippen LogP contribution in [0.5, 0.6) is 23.0 Å². The quantitative estimate of drug-likeness (QED) is 0.827. The Balaban J connectivity index is 1.84. The molecule has 0 aromatic heterocycles. The van der Waals surface area contributed by atoms with Gasteiger partial charge in [-0.25, -0.2) is 0 Å². The first-order chi connectivity index (χ1) is 12.6. The molecule has 0 unspecified atom stereocenters. The Bertz CT molecular complexity index is 835. The molecule has 1 amide bonds. The Morgan fingerprint density at radius 3 is 2.58 bits per heavy atom. The number of ether oxygens (including phenoxy) is 4. The lowest BCUT2D eigenvalue weighted by molar-refractivity contribution is -0.118. The van der Waals surface area contributed by atoms with Crippen molar-refractivity contribution >= 4 is 17.3 Å². The Labute approximate surface area is 152 Å². The zero-order valence-corrected chi connectivity index (χ0v) is 15.3. The molecular weight excluding hydrogens is 336 g/mol. The summed E-state index contributed by atoms with van der Waals surface area (Å²) in [6.07, 6.45) is 0. The average molecular weight is 358 g/mol. The molecule has 0 bridgehead atoms. The smallest absolute Gasteiger partial charge is 0.262 e. The molecule has 0 radical (unpaired) electrons. The molecule has 1 aliphatic rings. The fourth-order valence-electron chi connectivity index (χ4n) is 2.99. The van der Waals surface area contributed by atoms with Crippen molar-refractivity contribution in [3.8, 4) is 23.0 Å². The van der Waals surface area contributed by atoms with Gasteiger partial charge in [-0.05, 0) is 24.6 Å². The van der Waals surface area contributed by atoms with Crippen molar-refractivity contribution in [3.63, 3.8) is 0 Å². The Kier molecular flexibility index (Phi) is 5.06. The summed E-state index contributed by atoms with van der Waals surface area (Å²) in [6.45, 7) is 2.50. The van der Waals surface area contributed by atoms with Crippen molar-refractivity contribution < 1.29 is 23.7 Å². The second-order valence-corrected chi connectivity index (χ2v) is 5.84. The van der Waals surface area contributed by atoms with Gasteiger partial charge in [0.25, 0.3) is 5.91 Å². The SMILES string of the molecule is COc1cc(NCc2ccc3c(c2)NC(=O)CO3)c(OC)c(C)c1OC. The van der Waals surface area contributed by atoms with Gasteiger partial charge in [0, 0.05) is 18.2 Å². The lowest BCUT2D eigenvalue weighted by Gasteiger charge is -2.20. The molecule has 0 saturated heterocycles. The number of rotatable bonds is 6. The zero-order chi connectivity index (χ0) is 18.7. The highest BCUT2D eigenvalue weighted by Crippen LogP contribution is 2.42. The molecule has 0 aliphatic carbocycles. The van der Waals surface area contributed by atoms with E-state index in [1.54, 1.807) is 21.3 Å². The van der Waals surface area contributed by atoms with Gasteiger partial charge in [-0.2, -0.15) is 0 Å². The average Bonchev–Trinajstić information content (AvgIpc) is 2.65. The lowest BCUT2D eigenvalue weighted by atomic mass is 10.1. The maximum absolute atomic E-state index is 11.5. The van der Waals surface area contributed by atoms with E-state index in [1.165, 1.54) is 0 Å². The maximum Gasteiger partial charge on any atom is 0.262 e. The predicted octanol–water partition coefficient (Wildman–Crippen LogP) is 2.96. The van der Waals surface area contributed by atoms with E-state index in [9.17, 15) is 4.79 Å². The number of benzene rings is 2. The molecule has 138 valence electrons. The van der Waals surface area contributed by atoms with Crippen LogP contribution in [-0.4, -0.2) is 33.8 Å². The van der Waals surface area contributed by atoms with Gasteiger partial charge in [-0.3, -0.25) is 4.79 Å². The molecule has 2 aromatic rings. The first-order valence-corrected chi connectivity index (χ1v) is 8.16. The van der Waals surface area contributed by atoms with Crippen LogP contribution in [0.1, 0.15) is 11.1 Å². The van der Waals surface area contributed by atoms with Gasteiger partial charge in [0.05, 0.1) is 32.7 Å². The lowest BCUT2D eigenvalue weighted by Crippen LogP contribution is -2.25. The zero-order valence-electron chi connectivity index (χ0n) is 15.3. The maximum atomic E-state index is 11.5. The molecule has 1 aliphatic heterocycles. The van der Waals surface area contributed by atoms with Crippen molar-refractivity contribution in [2.45, 2.75) is 13.5 Å². The van der Waals surface area contributed by atoms with Crippen molar-refractivity contribution in [2.24, 2.45) is 0 Å². The van der Waals surface area contributed by atoms with E-state index >= 15 is 0 Å². The van der Waals surface area contributed by atoms with Gasteiger partial charge < -0.3 is 29.6 Å². The Morgan fingerprint density at radius 2 is 1.88 bits per heavy atom. The fourth-order valence-corrected chi connectivity index (χ4v) is 2.99. The van der Waals surface area contributed by atoms with E-state index in [0.717, 1.165) is 16.8 Å². The van der Waals surface area contributed by atoms with Crippen LogP contribution in [0.25, 0.3) is 0 Å². The monoisotopic (exact) mass is 358 g/mol. The molecule has 7 nitrogen and oxygen atoms in total. The minimum Gasteiger partial charge on any atom is -0.494 e. The van der Waals surface area contributed by atoms with E-state index in [4.69, 9.17) is 18.9 Å². The number of methoxy groups -OCH3 is 3.